The Kier molecular flexibility index (Phi) is 6.29. The molecule has 32 heavy (non-hydrogen) atoms. The topological polar surface area (TPSA) is 105 Å². The SMILES string of the molecule is O=C(NC1CNCCNC1=O)c1cc(-c2ccc(Cl)cc2)nn(-c2cccc(F)c2)c1=O. The van der Waals surface area contributed by atoms with Crippen LogP contribution in [0.15, 0.2) is 59.4 Å². The molecule has 0 saturated carbocycles. The van der Waals surface area contributed by atoms with E-state index in [1.807, 2.05) is 0 Å². The van der Waals surface area contributed by atoms with E-state index in [1.54, 1.807) is 24.3 Å². The molecule has 2 aromatic carbocycles. The standard InChI is InChI=1S/C22H19ClFN5O3/c23-14-6-4-13(5-7-14)18-11-17(20(30)27-19-12-25-8-9-26-21(19)31)22(32)29(28-18)16-3-1-2-15(24)10-16/h1-7,10-11,19,25H,8-9,12H2,(H,26,31)(H,27,30). The van der Waals surface area contributed by atoms with Crippen LogP contribution in [-0.4, -0.2) is 47.3 Å². The van der Waals surface area contributed by atoms with Gasteiger partial charge in [-0.3, -0.25) is 14.4 Å². The molecule has 0 radical (unpaired) electrons. The highest BCUT2D eigenvalue weighted by atomic mass is 35.5. The van der Waals surface area contributed by atoms with Crippen LogP contribution < -0.4 is 21.5 Å². The Morgan fingerprint density at radius 3 is 2.66 bits per heavy atom. The van der Waals surface area contributed by atoms with Crippen molar-refractivity contribution in [2.75, 3.05) is 19.6 Å². The maximum absolute atomic E-state index is 13.8. The van der Waals surface area contributed by atoms with Gasteiger partial charge in [-0.05, 0) is 36.4 Å². The third-order valence-electron chi connectivity index (χ3n) is 4.92. The van der Waals surface area contributed by atoms with Gasteiger partial charge in [0.1, 0.15) is 17.4 Å². The van der Waals surface area contributed by atoms with Crippen molar-refractivity contribution in [3.63, 3.8) is 0 Å². The Hall–Kier alpha value is -3.56. The number of rotatable bonds is 4. The first-order chi connectivity index (χ1) is 15.4. The van der Waals surface area contributed by atoms with Crippen molar-refractivity contribution < 1.29 is 14.0 Å². The summed E-state index contributed by atoms with van der Waals surface area (Å²) in [5.41, 5.74) is 0.0920. The zero-order valence-corrected chi connectivity index (χ0v) is 17.5. The molecule has 1 atom stereocenters. The highest BCUT2D eigenvalue weighted by Crippen LogP contribution is 2.20. The van der Waals surface area contributed by atoms with Crippen molar-refractivity contribution in [2.45, 2.75) is 6.04 Å². The van der Waals surface area contributed by atoms with E-state index in [9.17, 15) is 18.8 Å². The first kappa shape index (κ1) is 21.7. The Balaban J connectivity index is 1.79. The molecule has 1 unspecified atom stereocenters. The lowest BCUT2D eigenvalue weighted by molar-refractivity contribution is -0.122. The van der Waals surface area contributed by atoms with Crippen molar-refractivity contribution >= 4 is 23.4 Å². The molecule has 2 heterocycles. The predicted molar refractivity (Wildman–Crippen MR) is 117 cm³/mol. The average molecular weight is 456 g/mol. The number of halogens is 2. The van der Waals surface area contributed by atoms with Gasteiger partial charge in [-0.15, -0.1) is 0 Å². The molecule has 3 N–H and O–H groups in total. The Morgan fingerprint density at radius 1 is 1.12 bits per heavy atom. The van der Waals surface area contributed by atoms with Gasteiger partial charge in [-0.2, -0.15) is 9.78 Å². The van der Waals surface area contributed by atoms with Crippen LogP contribution in [0.1, 0.15) is 10.4 Å². The van der Waals surface area contributed by atoms with Gasteiger partial charge in [0.25, 0.3) is 11.5 Å². The fourth-order valence-corrected chi connectivity index (χ4v) is 3.42. The van der Waals surface area contributed by atoms with Gasteiger partial charge in [0, 0.05) is 30.2 Å². The molecule has 1 fully saturated rings. The van der Waals surface area contributed by atoms with Gasteiger partial charge >= 0.3 is 0 Å². The molecular formula is C22H19ClFN5O3. The van der Waals surface area contributed by atoms with E-state index >= 15 is 0 Å². The molecule has 0 spiro atoms. The minimum Gasteiger partial charge on any atom is -0.353 e. The third-order valence-corrected chi connectivity index (χ3v) is 5.17. The second-order valence-corrected chi connectivity index (χ2v) is 7.60. The van der Waals surface area contributed by atoms with Crippen LogP contribution in [0.2, 0.25) is 5.02 Å². The molecule has 2 amide bonds. The lowest BCUT2D eigenvalue weighted by Crippen LogP contribution is -2.50. The van der Waals surface area contributed by atoms with E-state index < -0.39 is 23.3 Å². The number of nitrogens with one attached hydrogen (secondary N) is 3. The first-order valence-corrected chi connectivity index (χ1v) is 10.3. The predicted octanol–water partition coefficient (Wildman–Crippen LogP) is 1.51. The quantitative estimate of drug-likeness (QED) is 0.553. The molecule has 10 heteroatoms. The second-order valence-electron chi connectivity index (χ2n) is 7.17. The molecule has 1 aromatic heterocycles. The Morgan fingerprint density at radius 2 is 1.91 bits per heavy atom. The van der Waals surface area contributed by atoms with Gasteiger partial charge in [-0.1, -0.05) is 29.8 Å². The Labute approximate surface area is 187 Å². The summed E-state index contributed by atoms with van der Waals surface area (Å²) >= 11 is 5.96. The van der Waals surface area contributed by atoms with Crippen molar-refractivity contribution in [1.29, 1.82) is 0 Å². The van der Waals surface area contributed by atoms with Gasteiger partial charge in [0.2, 0.25) is 5.91 Å². The van der Waals surface area contributed by atoms with Crippen LogP contribution in [-0.2, 0) is 4.79 Å². The number of nitrogens with zero attached hydrogens (tertiary/aromatic N) is 2. The number of hydrogen-bond acceptors (Lipinski definition) is 5. The molecule has 0 aliphatic carbocycles. The zero-order chi connectivity index (χ0) is 22.7. The summed E-state index contributed by atoms with van der Waals surface area (Å²) in [6.45, 7) is 1.23. The van der Waals surface area contributed by atoms with Gasteiger partial charge in [-0.25, -0.2) is 4.39 Å². The monoisotopic (exact) mass is 455 g/mol. The van der Waals surface area contributed by atoms with E-state index in [0.29, 0.717) is 29.4 Å². The Bertz CT molecular complexity index is 1230. The van der Waals surface area contributed by atoms with Gasteiger partial charge in [0.05, 0.1) is 11.4 Å². The van der Waals surface area contributed by atoms with Crippen LogP contribution in [0, 0.1) is 5.82 Å². The van der Waals surface area contributed by atoms with Crippen LogP contribution >= 0.6 is 11.6 Å². The molecule has 1 aliphatic rings. The maximum Gasteiger partial charge on any atom is 0.284 e. The minimum absolute atomic E-state index is 0.161. The first-order valence-electron chi connectivity index (χ1n) is 9.88. The van der Waals surface area contributed by atoms with Crippen LogP contribution in [0.5, 0.6) is 0 Å². The van der Waals surface area contributed by atoms with Crippen molar-refractivity contribution in [3.05, 3.63) is 81.4 Å². The zero-order valence-electron chi connectivity index (χ0n) is 16.8. The van der Waals surface area contributed by atoms with E-state index in [4.69, 9.17) is 11.6 Å². The smallest absolute Gasteiger partial charge is 0.284 e. The highest BCUT2D eigenvalue weighted by Gasteiger charge is 2.25. The number of carbonyl (C=O) groups is 2. The summed E-state index contributed by atoms with van der Waals surface area (Å²) in [5, 5.41) is 13.2. The molecule has 4 rings (SSSR count). The summed E-state index contributed by atoms with van der Waals surface area (Å²) in [5.74, 6) is -1.64. The van der Waals surface area contributed by atoms with Gasteiger partial charge < -0.3 is 16.0 Å². The summed E-state index contributed by atoms with van der Waals surface area (Å²) in [6.07, 6.45) is 0. The van der Waals surface area contributed by atoms with Crippen molar-refractivity contribution in [2.24, 2.45) is 0 Å². The largest absolute Gasteiger partial charge is 0.353 e. The normalized spacial score (nSPS) is 16.2. The van der Waals surface area contributed by atoms with Crippen molar-refractivity contribution in [3.8, 4) is 16.9 Å². The second kappa shape index (κ2) is 9.29. The van der Waals surface area contributed by atoms with Crippen molar-refractivity contribution in [1.82, 2.24) is 25.7 Å². The fraction of sp³-hybridized carbons (Fsp3) is 0.182. The van der Waals surface area contributed by atoms with Crippen LogP contribution in [0.3, 0.4) is 0 Å². The minimum atomic E-state index is -0.848. The summed E-state index contributed by atoms with van der Waals surface area (Å²) in [7, 11) is 0. The number of benzene rings is 2. The molecule has 0 bridgehead atoms. The van der Waals surface area contributed by atoms with E-state index in [2.05, 4.69) is 21.0 Å². The van der Waals surface area contributed by atoms with E-state index in [1.165, 1.54) is 24.3 Å². The molecular weight excluding hydrogens is 437 g/mol. The lowest BCUT2D eigenvalue weighted by atomic mass is 10.1. The van der Waals surface area contributed by atoms with Gasteiger partial charge in [0.15, 0.2) is 0 Å². The fourth-order valence-electron chi connectivity index (χ4n) is 3.29. The average Bonchev–Trinajstić information content (AvgIpc) is 2.98. The third kappa shape index (κ3) is 4.68. The number of aromatic nitrogens is 2. The summed E-state index contributed by atoms with van der Waals surface area (Å²) < 4.78 is 14.8. The highest BCUT2D eigenvalue weighted by molar-refractivity contribution is 6.30. The molecule has 1 aliphatic heterocycles. The molecule has 3 aromatic rings. The summed E-state index contributed by atoms with van der Waals surface area (Å²) in [6, 6.07) is 12.5. The molecule has 8 nitrogen and oxygen atoms in total. The van der Waals surface area contributed by atoms with Crippen LogP contribution in [0.4, 0.5) is 4.39 Å². The molecule has 1 saturated heterocycles. The van der Waals surface area contributed by atoms with Crippen LogP contribution in [0.25, 0.3) is 16.9 Å². The molecule has 164 valence electrons. The maximum atomic E-state index is 13.8. The number of hydrogen-bond donors (Lipinski definition) is 3. The number of amides is 2. The lowest BCUT2D eigenvalue weighted by Gasteiger charge is -2.16. The van der Waals surface area contributed by atoms with E-state index in [-0.39, 0.29) is 23.7 Å². The van der Waals surface area contributed by atoms with E-state index in [0.717, 1.165) is 10.7 Å². The number of carbonyl (C=O) groups excluding carboxylic acids is 2. The summed E-state index contributed by atoms with van der Waals surface area (Å²) in [4.78, 5) is 38.4.